The fourth-order valence-electron chi connectivity index (χ4n) is 4.51. The van der Waals surface area contributed by atoms with Crippen LogP contribution >= 0.6 is 0 Å². The van der Waals surface area contributed by atoms with Gasteiger partial charge in [-0.05, 0) is 31.0 Å². The van der Waals surface area contributed by atoms with Gasteiger partial charge >= 0.3 is 0 Å². The number of aliphatic hydroxyl groups is 1. The third kappa shape index (κ3) is 6.68. The number of carbonyl (C=O) groups is 3. The molecule has 0 bridgehead atoms. The van der Waals surface area contributed by atoms with Gasteiger partial charge in [0.05, 0.1) is 24.6 Å². The predicted octanol–water partition coefficient (Wildman–Crippen LogP) is -1.02. The highest BCUT2D eigenvalue weighted by molar-refractivity contribution is 5.89. The fourth-order valence-corrected chi connectivity index (χ4v) is 4.51. The van der Waals surface area contributed by atoms with E-state index in [9.17, 15) is 28.3 Å². The van der Waals surface area contributed by atoms with Crippen molar-refractivity contribution in [3.8, 4) is 0 Å². The van der Waals surface area contributed by atoms with E-state index in [1.54, 1.807) is 9.80 Å². The summed E-state index contributed by atoms with van der Waals surface area (Å²) < 4.78 is 27.5. The molecule has 2 heterocycles. The maximum absolute atomic E-state index is 13.7. The molecule has 0 saturated carbocycles. The largest absolute Gasteiger partial charge is 0.389 e. The fraction of sp³-hybridized carbons (Fsp3) is 0.591. The second-order valence-corrected chi connectivity index (χ2v) is 8.68. The average Bonchev–Trinajstić information content (AvgIpc) is 3.12. The molecular weight excluding hydrogens is 436 g/mol. The molecule has 1 unspecified atom stereocenters. The third-order valence-electron chi connectivity index (χ3n) is 6.17. The Kier molecular flexibility index (Phi) is 8.33. The summed E-state index contributed by atoms with van der Waals surface area (Å²) in [5.74, 6) is -3.08. The van der Waals surface area contributed by atoms with E-state index in [4.69, 9.17) is 5.73 Å². The van der Waals surface area contributed by atoms with E-state index in [1.807, 2.05) is 6.92 Å². The van der Waals surface area contributed by atoms with E-state index < -0.39 is 47.6 Å². The van der Waals surface area contributed by atoms with E-state index in [1.165, 1.54) is 0 Å². The minimum Gasteiger partial charge on any atom is -0.389 e. The number of primary amides is 1. The zero-order valence-electron chi connectivity index (χ0n) is 18.6. The van der Waals surface area contributed by atoms with Gasteiger partial charge in [0.15, 0.2) is 0 Å². The average molecular weight is 468 g/mol. The van der Waals surface area contributed by atoms with Crippen molar-refractivity contribution in [1.29, 1.82) is 0 Å². The van der Waals surface area contributed by atoms with E-state index in [0.29, 0.717) is 26.2 Å². The zero-order chi connectivity index (χ0) is 24.1. The molecule has 11 heteroatoms. The van der Waals surface area contributed by atoms with Gasteiger partial charge in [-0.2, -0.15) is 0 Å². The lowest BCUT2D eigenvalue weighted by Gasteiger charge is -2.38. The Labute approximate surface area is 191 Å². The van der Waals surface area contributed by atoms with Gasteiger partial charge in [0.1, 0.15) is 11.6 Å². The van der Waals surface area contributed by atoms with Crippen LogP contribution in [0.4, 0.5) is 8.78 Å². The number of carbonyl (C=O) groups excluding carboxylic acids is 3. The van der Waals surface area contributed by atoms with Crippen molar-refractivity contribution in [1.82, 2.24) is 20.4 Å². The Morgan fingerprint density at radius 1 is 1.27 bits per heavy atom. The van der Waals surface area contributed by atoms with Gasteiger partial charge in [-0.3, -0.25) is 19.3 Å². The lowest BCUT2D eigenvalue weighted by atomic mass is 9.94. The first-order valence-corrected chi connectivity index (χ1v) is 11.1. The minimum absolute atomic E-state index is 0.0201. The van der Waals surface area contributed by atoms with Gasteiger partial charge in [0.2, 0.25) is 17.7 Å². The van der Waals surface area contributed by atoms with E-state index in [0.717, 1.165) is 18.2 Å². The summed E-state index contributed by atoms with van der Waals surface area (Å²) in [6, 6.07) is 1.66. The van der Waals surface area contributed by atoms with E-state index >= 15 is 0 Å². The number of likely N-dealkylation sites (tertiary alicyclic amines) is 1. The van der Waals surface area contributed by atoms with Crippen molar-refractivity contribution in [3.63, 3.8) is 0 Å². The highest BCUT2D eigenvalue weighted by atomic mass is 19.1. The smallest absolute Gasteiger partial charge is 0.231 e. The van der Waals surface area contributed by atoms with Crippen LogP contribution in [0.2, 0.25) is 0 Å². The Morgan fingerprint density at radius 2 is 1.97 bits per heavy atom. The number of nitrogens with one attached hydrogen (secondary N) is 2. The van der Waals surface area contributed by atoms with Crippen LogP contribution in [0.3, 0.4) is 0 Å². The van der Waals surface area contributed by atoms with Gasteiger partial charge in [0.25, 0.3) is 0 Å². The molecule has 1 aromatic carbocycles. The normalized spacial score (nSPS) is 23.4. The van der Waals surface area contributed by atoms with Crippen molar-refractivity contribution in [2.45, 2.75) is 38.0 Å². The number of amides is 3. The molecule has 2 aliphatic heterocycles. The summed E-state index contributed by atoms with van der Waals surface area (Å²) in [7, 11) is 0. The number of aliphatic hydroxyl groups excluding tert-OH is 1. The molecular formula is C22H31F2N5O4. The van der Waals surface area contributed by atoms with Gasteiger partial charge in [-0.25, -0.2) is 8.78 Å². The summed E-state index contributed by atoms with van der Waals surface area (Å²) in [5.41, 5.74) is 5.56. The highest BCUT2D eigenvalue weighted by Crippen LogP contribution is 2.20. The number of nitrogens with zero attached hydrogens (tertiary/aromatic N) is 2. The lowest BCUT2D eigenvalue weighted by molar-refractivity contribution is -0.129. The predicted molar refractivity (Wildman–Crippen MR) is 116 cm³/mol. The molecule has 182 valence electrons. The van der Waals surface area contributed by atoms with Gasteiger partial charge in [-0.1, -0.05) is 0 Å². The topological polar surface area (TPSA) is 128 Å². The maximum atomic E-state index is 13.7. The van der Waals surface area contributed by atoms with Crippen LogP contribution in [-0.2, 0) is 20.8 Å². The number of benzene rings is 1. The van der Waals surface area contributed by atoms with Crippen molar-refractivity contribution >= 4 is 17.7 Å². The Balaban J connectivity index is 1.76. The molecule has 0 aliphatic carbocycles. The molecule has 2 saturated heterocycles. The van der Waals surface area contributed by atoms with Gasteiger partial charge < -0.3 is 26.4 Å². The molecule has 0 aromatic heterocycles. The Morgan fingerprint density at radius 3 is 2.58 bits per heavy atom. The van der Waals surface area contributed by atoms with Crippen LogP contribution in [0.15, 0.2) is 18.2 Å². The number of hydrogen-bond donors (Lipinski definition) is 4. The van der Waals surface area contributed by atoms with Gasteiger partial charge in [-0.15, -0.1) is 0 Å². The van der Waals surface area contributed by atoms with Crippen molar-refractivity contribution in [2.24, 2.45) is 11.7 Å². The molecule has 2 aliphatic rings. The molecule has 3 amide bonds. The van der Waals surface area contributed by atoms with Crippen LogP contribution in [0.25, 0.3) is 0 Å². The van der Waals surface area contributed by atoms with Crippen molar-refractivity contribution in [2.75, 3.05) is 39.3 Å². The molecule has 1 aromatic rings. The van der Waals surface area contributed by atoms with Crippen LogP contribution in [-0.4, -0.2) is 90.1 Å². The minimum atomic E-state index is -1.13. The maximum Gasteiger partial charge on any atom is 0.231 e. The summed E-state index contributed by atoms with van der Waals surface area (Å²) in [4.78, 5) is 39.7. The van der Waals surface area contributed by atoms with Crippen LogP contribution in [0.1, 0.15) is 18.9 Å². The SMILES string of the molecule is CCN1CC(C(=O)N[C@@H](Cc2cc(F)cc(F)c2)[C@H](O)[C@H]2CN(CC(N)=O)CCN2)CC1=O. The molecule has 5 N–H and O–H groups in total. The summed E-state index contributed by atoms with van der Waals surface area (Å²) >= 11 is 0. The molecule has 3 rings (SSSR count). The van der Waals surface area contributed by atoms with Crippen LogP contribution in [0, 0.1) is 17.6 Å². The lowest BCUT2D eigenvalue weighted by Crippen LogP contribution is -2.62. The van der Waals surface area contributed by atoms with Crippen molar-refractivity contribution in [3.05, 3.63) is 35.4 Å². The number of nitrogens with two attached hydrogens (primary N) is 1. The summed E-state index contributed by atoms with van der Waals surface area (Å²) in [5, 5.41) is 17.1. The van der Waals surface area contributed by atoms with E-state index in [-0.39, 0.29) is 37.4 Å². The molecule has 9 nitrogen and oxygen atoms in total. The standard InChI is InChI=1S/C22H31F2N5O4/c1-2-29-10-14(8-20(29)31)22(33)27-17(7-13-5-15(23)9-16(24)6-13)21(32)18-11-28(4-3-26-18)12-19(25)30/h5-6,9,14,17-18,21,26,32H,2-4,7-8,10-12H2,1H3,(H2,25,30)(H,27,33)/t14?,17-,18+,21-/m0/s1. The Bertz CT molecular complexity index is 866. The first kappa shape index (κ1) is 25.0. The molecule has 4 atom stereocenters. The van der Waals surface area contributed by atoms with E-state index in [2.05, 4.69) is 10.6 Å². The van der Waals surface area contributed by atoms with Crippen LogP contribution in [0.5, 0.6) is 0 Å². The third-order valence-corrected chi connectivity index (χ3v) is 6.17. The van der Waals surface area contributed by atoms with Gasteiger partial charge in [0, 0.05) is 51.3 Å². The highest BCUT2D eigenvalue weighted by Gasteiger charge is 2.37. The first-order chi connectivity index (χ1) is 15.7. The molecule has 2 fully saturated rings. The molecule has 0 radical (unpaired) electrons. The molecule has 0 spiro atoms. The second-order valence-electron chi connectivity index (χ2n) is 8.68. The first-order valence-electron chi connectivity index (χ1n) is 11.1. The number of halogens is 2. The second kappa shape index (κ2) is 11.0. The molecule has 33 heavy (non-hydrogen) atoms. The summed E-state index contributed by atoms with van der Waals surface area (Å²) in [6.07, 6.45) is -1.07. The quantitative estimate of drug-likeness (QED) is 0.368. The Hall–Kier alpha value is -2.63. The summed E-state index contributed by atoms with van der Waals surface area (Å²) in [6.45, 7) is 4.01. The number of hydrogen-bond acceptors (Lipinski definition) is 6. The van der Waals surface area contributed by atoms with Crippen molar-refractivity contribution < 1.29 is 28.3 Å². The zero-order valence-corrected chi connectivity index (χ0v) is 18.6. The monoisotopic (exact) mass is 467 g/mol. The van der Waals surface area contributed by atoms with Crippen LogP contribution < -0.4 is 16.4 Å². The number of rotatable bonds is 9. The number of piperazine rings is 1.